The van der Waals surface area contributed by atoms with Gasteiger partial charge in [0.05, 0.1) is 6.26 Å². The van der Waals surface area contributed by atoms with Crippen LogP contribution in [0.1, 0.15) is 46.0 Å². The van der Waals surface area contributed by atoms with Gasteiger partial charge in [0.2, 0.25) is 15.9 Å². The Labute approximate surface area is 116 Å². The standard InChI is InChI=1S/C13H26N2O3S/c1-11(2)10-12(14-19(3,17)18)13(16)15-8-6-4-5-7-9-15/h11-12,14H,4-10H2,1-3H3. The molecule has 112 valence electrons. The van der Waals surface area contributed by atoms with Crippen LogP contribution in [0.2, 0.25) is 0 Å². The molecule has 1 N–H and O–H groups in total. The van der Waals surface area contributed by atoms with Gasteiger partial charge >= 0.3 is 0 Å². The van der Waals surface area contributed by atoms with Gasteiger partial charge in [0.15, 0.2) is 0 Å². The zero-order valence-electron chi connectivity index (χ0n) is 12.2. The Hall–Kier alpha value is -0.620. The number of hydrogen-bond acceptors (Lipinski definition) is 3. The maximum atomic E-state index is 12.5. The van der Waals surface area contributed by atoms with Crippen LogP contribution in [0.25, 0.3) is 0 Å². The van der Waals surface area contributed by atoms with E-state index >= 15 is 0 Å². The SMILES string of the molecule is CC(C)CC(NS(C)(=O)=O)C(=O)N1CCCCCC1. The molecule has 1 rings (SSSR count). The van der Waals surface area contributed by atoms with E-state index in [0.717, 1.165) is 45.0 Å². The topological polar surface area (TPSA) is 66.5 Å². The van der Waals surface area contributed by atoms with Crippen molar-refractivity contribution in [3.8, 4) is 0 Å². The normalized spacial score (nSPS) is 19.3. The Morgan fingerprint density at radius 1 is 1.16 bits per heavy atom. The first-order valence-corrected chi connectivity index (χ1v) is 8.95. The van der Waals surface area contributed by atoms with Crippen LogP contribution in [0.3, 0.4) is 0 Å². The lowest BCUT2D eigenvalue weighted by Crippen LogP contribution is -2.49. The Morgan fingerprint density at radius 2 is 1.68 bits per heavy atom. The van der Waals surface area contributed by atoms with Gasteiger partial charge in [0, 0.05) is 13.1 Å². The highest BCUT2D eigenvalue weighted by atomic mass is 32.2. The summed E-state index contributed by atoms with van der Waals surface area (Å²) < 4.78 is 25.3. The van der Waals surface area contributed by atoms with Crippen LogP contribution in [0, 0.1) is 5.92 Å². The van der Waals surface area contributed by atoms with Crippen LogP contribution in [0.15, 0.2) is 0 Å². The lowest BCUT2D eigenvalue weighted by atomic mass is 10.0. The van der Waals surface area contributed by atoms with Gasteiger partial charge in [-0.3, -0.25) is 4.79 Å². The Balaban J connectivity index is 2.74. The minimum Gasteiger partial charge on any atom is -0.341 e. The third kappa shape index (κ3) is 6.38. The molecule has 19 heavy (non-hydrogen) atoms. The average Bonchev–Trinajstić information content (AvgIpc) is 2.53. The quantitative estimate of drug-likeness (QED) is 0.831. The van der Waals surface area contributed by atoms with Crippen LogP contribution in [0.5, 0.6) is 0 Å². The van der Waals surface area contributed by atoms with Crippen LogP contribution >= 0.6 is 0 Å². The van der Waals surface area contributed by atoms with E-state index in [1.165, 1.54) is 0 Å². The monoisotopic (exact) mass is 290 g/mol. The van der Waals surface area contributed by atoms with Crippen molar-refractivity contribution in [3.63, 3.8) is 0 Å². The highest BCUT2D eigenvalue weighted by Gasteiger charge is 2.27. The van der Waals surface area contributed by atoms with E-state index in [1.54, 1.807) is 0 Å². The van der Waals surface area contributed by atoms with E-state index in [9.17, 15) is 13.2 Å². The zero-order chi connectivity index (χ0) is 14.5. The number of rotatable bonds is 5. The molecule has 0 aromatic heterocycles. The van der Waals surface area contributed by atoms with Crippen molar-refractivity contribution < 1.29 is 13.2 Å². The van der Waals surface area contributed by atoms with Gasteiger partial charge < -0.3 is 4.90 Å². The number of nitrogens with zero attached hydrogens (tertiary/aromatic N) is 1. The van der Waals surface area contributed by atoms with E-state index in [0.29, 0.717) is 6.42 Å². The third-order valence-corrected chi connectivity index (χ3v) is 3.99. The molecule has 0 bridgehead atoms. The maximum absolute atomic E-state index is 12.5. The molecule has 0 saturated carbocycles. The Bertz CT molecular complexity index is 385. The molecule has 0 radical (unpaired) electrons. The van der Waals surface area contributed by atoms with Gasteiger partial charge in [-0.15, -0.1) is 0 Å². The minimum atomic E-state index is -3.36. The van der Waals surface area contributed by atoms with E-state index in [1.807, 2.05) is 18.7 Å². The fourth-order valence-corrected chi connectivity index (χ4v) is 3.15. The fourth-order valence-electron chi connectivity index (χ4n) is 2.44. The van der Waals surface area contributed by atoms with Crippen molar-refractivity contribution in [2.45, 2.75) is 52.0 Å². The van der Waals surface area contributed by atoms with Crippen molar-refractivity contribution in [2.75, 3.05) is 19.3 Å². The van der Waals surface area contributed by atoms with Gasteiger partial charge in [-0.1, -0.05) is 26.7 Å². The smallest absolute Gasteiger partial charge is 0.240 e. The Morgan fingerprint density at radius 3 is 2.11 bits per heavy atom. The fraction of sp³-hybridized carbons (Fsp3) is 0.923. The highest BCUT2D eigenvalue weighted by molar-refractivity contribution is 7.88. The molecule has 1 heterocycles. The number of nitrogens with one attached hydrogen (secondary N) is 1. The molecule has 1 unspecified atom stereocenters. The lowest BCUT2D eigenvalue weighted by Gasteiger charge is -2.27. The van der Waals surface area contributed by atoms with Crippen LogP contribution in [0.4, 0.5) is 0 Å². The van der Waals surface area contributed by atoms with Gasteiger partial charge in [-0.25, -0.2) is 13.1 Å². The number of amides is 1. The highest BCUT2D eigenvalue weighted by Crippen LogP contribution is 2.14. The summed E-state index contributed by atoms with van der Waals surface area (Å²) in [6, 6.07) is -0.618. The van der Waals surface area contributed by atoms with Crippen LogP contribution in [-0.2, 0) is 14.8 Å². The molecular formula is C13H26N2O3S. The first kappa shape index (κ1) is 16.4. The molecule has 1 atom stereocenters. The summed E-state index contributed by atoms with van der Waals surface area (Å²) in [6.45, 7) is 5.48. The summed E-state index contributed by atoms with van der Waals surface area (Å²) in [5.41, 5.74) is 0. The van der Waals surface area contributed by atoms with E-state index in [2.05, 4.69) is 4.72 Å². The largest absolute Gasteiger partial charge is 0.341 e. The second-order valence-corrected chi connectivity index (χ2v) is 7.59. The molecular weight excluding hydrogens is 264 g/mol. The van der Waals surface area contributed by atoms with E-state index < -0.39 is 16.1 Å². The number of carbonyl (C=O) groups is 1. The molecule has 0 aromatic rings. The second kappa shape index (κ2) is 7.24. The summed E-state index contributed by atoms with van der Waals surface area (Å²) in [4.78, 5) is 14.3. The molecule has 1 aliphatic heterocycles. The summed E-state index contributed by atoms with van der Waals surface area (Å²) in [6.07, 6.45) is 5.98. The first-order chi connectivity index (χ1) is 8.79. The third-order valence-electron chi connectivity index (χ3n) is 3.28. The predicted octanol–water partition coefficient (Wildman–Crippen LogP) is 1.35. The van der Waals surface area contributed by atoms with Crippen molar-refractivity contribution in [1.29, 1.82) is 0 Å². The predicted molar refractivity (Wildman–Crippen MR) is 76.3 cm³/mol. The molecule has 1 aliphatic rings. The van der Waals surface area contributed by atoms with E-state index in [4.69, 9.17) is 0 Å². The number of likely N-dealkylation sites (tertiary alicyclic amines) is 1. The molecule has 1 fully saturated rings. The van der Waals surface area contributed by atoms with Crippen LogP contribution in [-0.4, -0.2) is 44.6 Å². The molecule has 6 heteroatoms. The van der Waals surface area contributed by atoms with Crippen molar-refractivity contribution in [1.82, 2.24) is 9.62 Å². The van der Waals surface area contributed by atoms with Gasteiger partial charge in [-0.05, 0) is 25.2 Å². The van der Waals surface area contributed by atoms with E-state index in [-0.39, 0.29) is 11.8 Å². The number of hydrogen-bond donors (Lipinski definition) is 1. The van der Waals surface area contributed by atoms with Gasteiger partial charge in [-0.2, -0.15) is 0 Å². The summed E-state index contributed by atoms with van der Waals surface area (Å²) in [5.74, 6) is 0.205. The molecule has 0 aromatic carbocycles. The van der Waals surface area contributed by atoms with Crippen LogP contribution < -0.4 is 4.72 Å². The summed E-state index contributed by atoms with van der Waals surface area (Å²) in [7, 11) is -3.36. The summed E-state index contributed by atoms with van der Waals surface area (Å²) in [5, 5.41) is 0. The number of carbonyl (C=O) groups excluding carboxylic acids is 1. The molecule has 1 amide bonds. The Kier molecular flexibility index (Phi) is 6.26. The molecule has 0 spiro atoms. The van der Waals surface area contributed by atoms with Gasteiger partial charge in [0.1, 0.15) is 6.04 Å². The zero-order valence-corrected chi connectivity index (χ0v) is 13.0. The van der Waals surface area contributed by atoms with Gasteiger partial charge in [0.25, 0.3) is 0 Å². The average molecular weight is 290 g/mol. The second-order valence-electron chi connectivity index (χ2n) is 5.81. The molecule has 1 saturated heterocycles. The maximum Gasteiger partial charge on any atom is 0.240 e. The molecule has 0 aliphatic carbocycles. The number of sulfonamides is 1. The van der Waals surface area contributed by atoms with Crippen molar-refractivity contribution >= 4 is 15.9 Å². The summed E-state index contributed by atoms with van der Waals surface area (Å²) >= 11 is 0. The lowest BCUT2D eigenvalue weighted by molar-refractivity contribution is -0.133. The molecule has 5 nitrogen and oxygen atoms in total. The van der Waals surface area contributed by atoms with Crippen molar-refractivity contribution in [3.05, 3.63) is 0 Å². The van der Waals surface area contributed by atoms with Crippen molar-refractivity contribution in [2.24, 2.45) is 5.92 Å². The minimum absolute atomic E-state index is 0.0685. The first-order valence-electron chi connectivity index (χ1n) is 7.05.